The lowest BCUT2D eigenvalue weighted by Crippen LogP contribution is -2.49. The van der Waals surface area contributed by atoms with Crippen molar-refractivity contribution in [3.8, 4) is 0 Å². The van der Waals surface area contributed by atoms with Crippen LogP contribution in [0, 0.1) is 0 Å². The third kappa shape index (κ3) is 4.94. The minimum absolute atomic E-state index is 0.108. The van der Waals surface area contributed by atoms with Crippen LogP contribution in [0.4, 0.5) is 23.9 Å². The topological polar surface area (TPSA) is 77.5 Å². The van der Waals surface area contributed by atoms with E-state index in [0.717, 1.165) is 50.6 Å². The van der Waals surface area contributed by atoms with Crippen molar-refractivity contribution in [3.05, 3.63) is 47.5 Å². The van der Waals surface area contributed by atoms with E-state index in [4.69, 9.17) is 0 Å². The standard InChI is InChI=1S/C23H28F3N7O/c24-23(25,26)17-12-16-14-32(11-5-20(16)29-13-17)22(34)33-10-4-19(15-33)30-18-2-8-31(9-3-18)21-27-6-1-7-28-21/h1,6-7,12-13,18-19,30H,2-5,8-11,14-15H2. The van der Waals surface area contributed by atoms with Gasteiger partial charge in [0.2, 0.25) is 5.95 Å². The molecule has 3 aliphatic heterocycles. The van der Waals surface area contributed by atoms with E-state index in [0.29, 0.717) is 43.4 Å². The predicted octanol–water partition coefficient (Wildman–Crippen LogP) is 2.70. The number of amides is 2. The lowest BCUT2D eigenvalue weighted by molar-refractivity contribution is -0.137. The van der Waals surface area contributed by atoms with Gasteiger partial charge in [-0.3, -0.25) is 4.98 Å². The normalized spacial score (nSPS) is 21.6. The number of halogens is 3. The molecule has 34 heavy (non-hydrogen) atoms. The Morgan fingerprint density at radius 2 is 1.71 bits per heavy atom. The Bertz CT molecular complexity index is 1010. The second-order valence-electron chi connectivity index (χ2n) is 9.19. The van der Waals surface area contributed by atoms with Crippen LogP contribution in [0.15, 0.2) is 30.7 Å². The van der Waals surface area contributed by atoms with Gasteiger partial charge in [0.1, 0.15) is 0 Å². The van der Waals surface area contributed by atoms with Gasteiger partial charge in [-0.05, 0) is 37.0 Å². The predicted molar refractivity (Wildman–Crippen MR) is 119 cm³/mol. The smallest absolute Gasteiger partial charge is 0.341 e. The average molecular weight is 476 g/mol. The summed E-state index contributed by atoms with van der Waals surface area (Å²) in [4.78, 5) is 31.4. The molecule has 2 aromatic rings. The van der Waals surface area contributed by atoms with E-state index >= 15 is 0 Å². The van der Waals surface area contributed by atoms with Crippen LogP contribution in [-0.2, 0) is 19.1 Å². The average Bonchev–Trinajstić information content (AvgIpc) is 3.32. The maximum atomic E-state index is 13.1. The number of carbonyl (C=O) groups excluding carboxylic acids is 1. The molecule has 0 radical (unpaired) electrons. The molecule has 5 rings (SSSR count). The molecule has 2 amide bonds. The summed E-state index contributed by atoms with van der Waals surface area (Å²) < 4.78 is 39.2. The van der Waals surface area contributed by atoms with Gasteiger partial charge in [-0.15, -0.1) is 0 Å². The molecular weight excluding hydrogens is 447 g/mol. The van der Waals surface area contributed by atoms with Crippen molar-refractivity contribution in [2.24, 2.45) is 0 Å². The largest absolute Gasteiger partial charge is 0.417 e. The van der Waals surface area contributed by atoms with E-state index in [9.17, 15) is 18.0 Å². The van der Waals surface area contributed by atoms with Gasteiger partial charge in [-0.25, -0.2) is 14.8 Å². The Morgan fingerprint density at radius 3 is 2.44 bits per heavy atom. The van der Waals surface area contributed by atoms with Crippen LogP contribution in [0.25, 0.3) is 0 Å². The number of carbonyl (C=O) groups is 1. The maximum Gasteiger partial charge on any atom is 0.417 e. The zero-order valence-corrected chi connectivity index (χ0v) is 18.8. The molecular formula is C23H28F3N7O. The summed E-state index contributed by atoms with van der Waals surface area (Å²) in [7, 11) is 0. The molecule has 8 nitrogen and oxygen atoms in total. The van der Waals surface area contributed by atoms with Crippen molar-refractivity contribution in [2.45, 2.75) is 50.5 Å². The molecule has 0 saturated carbocycles. The number of nitrogens with one attached hydrogen (secondary N) is 1. The number of pyridine rings is 1. The van der Waals surface area contributed by atoms with Crippen LogP contribution < -0.4 is 10.2 Å². The number of aromatic nitrogens is 3. The maximum absolute atomic E-state index is 13.1. The fourth-order valence-electron chi connectivity index (χ4n) is 5.05. The van der Waals surface area contributed by atoms with Gasteiger partial charge in [0.25, 0.3) is 0 Å². The number of urea groups is 1. The van der Waals surface area contributed by atoms with E-state index in [1.54, 1.807) is 17.3 Å². The summed E-state index contributed by atoms with van der Waals surface area (Å²) >= 11 is 0. The van der Waals surface area contributed by atoms with E-state index < -0.39 is 11.7 Å². The van der Waals surface area contributed by atoms with Gasteiger partial charge in [-0.1, -0.05) is 0 Å². The molecule has 2 saturated heterocycles. The van der Waals surface area contributed by atoms with E-state index in [-0.39, 0.29) is 18.6 Å². The second-order valence-corrected chi connectivity index (χ2v) is 9.19. The van der Waals surface area contributed by atoms with E-state index in [1.807, 2.05) is 11.0 Å². The van der Waals surface area contributed by atoms with Crippen LogP contribution in [0.3, 0.4) is 0 Å². The highest BCUT2D eigenvalue weighted by molar-refractivity contribution is 5.75. The number of hydrogen-bond acceptors (Lipinski definition) is 6. The Morgan fingerprint density at radius 1 is 0.971 bits per heavy atom. The summed E-state index contributed by atoms with van der Waals surface area (Å²) in [6.07, 6.45) is 3.26. The molecule has 0 aliphatic carbocycles. The van der Waals surface area contributed by atoms with E-state index in [2.05, 4.69) is 25.2 Å². The molecule has 1 atom stereocenters. The highest BCUT2D eigenvalue weighted by atomic mass is 19.4. The van der Waals surface area contributed by atoms with Gasteiger partial charge >= 0.3 is 12.2 Å². The first-order valence-electron chi connectivity index (χ1n) is 11.7. The summed E-state index contributed by atoms with van der Waals surface area (Å²) in [5.41, 5.74) is 0.360. The molecule has 1 N–H and O–H groups in total. The third-order valence-electron chi connectivity index (χ3n) is 6.90. The Labute approximate surface area is 196 Å². The van der Waals surface area contributed by atoms with Gasteiger partial charge in [-0.2, -0.15) is 13.2 Å². The number of hydrogen-bond donors (Lipinski definition) is 1. The van der Waals surface area contributed by atoms with Crippen LogP contribution in [0.5, 0.6) is 0 Å². The number of anilines is 1. The summed E-state index contributed by atoms with van der Waals surface area (Å²) in [6, 6.07) is 3.44. The molecule has 2 aromatic heterocycles. The minimum atomic E-state index is -4.44. The SMILES string of the molecule is O=C(N1CCc2ncc(C(F)(F)F)cc2C1)N1CCC(NC2CCN(c3ncccn3)CC2)C1. The molecule has 0 aromatic carbocycles. The summed E-state index contributed by atoms with van der Waals surface area (Å²) in [5, 5.41) is 3.70. The third-order valence-corrected chi connectivity index (χ3v) is 6.90. The molecule has 1 unspecified atom stereocenters. The second kappa shape index (κ2) is 9.36. The van der Waals surface area contributed by atoms with Gasteiger partial charge in [0.05, 0.1) is 5.56 Å². The molecule has 5 heterocycles. The Balaban J connectivity index is 1.12. The van der Waals surface area contributed by atoms with Crippen LogP contribution in [-0.4, -0.2) is 75.6 Å². The molecule has 2 fully saturated rings. The highest BCUT2D eigenvalue weighted by Crippen LogP contribution is 2.31. The van der Waals surface area contributed by atoms with Crippen molar-refractivity contribution in [2.75, 3.05) is 37.6 Å². The number of alkyl halides is 3. The van der Waals surface area contributed by atoms with Crippen molar-refractivity contribution >= 4 is 12.0 Å². The lowest BCUT2D eigenvalue weighted by Gasteiger charge is -2.34. The molecule has 0 bridgehead atoms. The van der Waals surface area contributed by atoms with Crippen molar-refractivity contribution < 1.29 is 18.0 Å². The Kier molecular flexibility index (Phi) is 6.28. The number of nitrogens with zero attached hydrogens (tertiary/aromatic N) is 6. The fourth-order valence-corrected chi connectivity index (χ4v) is 5.05. The molecule has 3 aliphatic rings. The monoisotopic (exact) mass is 475 g/mol. The lowest BCUT2D eigenvalue weighted by atomic mass is 10.0. The quantitative estimate of drug-likeness (QED) is 0.736. The van der Waals surface area contributed by atoms with Gasteiger partial charge in [0, 0.05) is 82.1 Å². The van der Waals surface area contributed by atoms with Crippen LogP contribution >= 0.6 is 0 Å². The first kappa shape index (κ1) is 22.8. The molecule has 182 valence electrons. The minimum Gasteiger partial charge on any atom is -0.341 e. The molecule has 11 heteroatoms. The first-order chi connectivity index (χ1) is 16.4. The van der Waals surface area contributed by atoms with E-state index in [1.165, 1.54) is 0 Å². The van der Waals surface area contributed by atoms with Gasteiger partial charge in [0.15, 0.2) is 0 Å². The fraction of sp³-hybridized carbons (Fsp3) is 0.565. The summed E-state index contributed by atoms with van der Waals surface area (Å²) in [5.74, 6) is 0.763. The van der Waals surface area contributed by atoms with Crippen LogP contribution in [0.2, 0.25) is 0 Å². The number of rotatable bonds is 3. The number of piperidine rings is 1. The van der Waals surface area contributed by atoms with Crippen LogP contribution in [0.1, 0.15) is 36.1 Å². The zero-order valence-electron chi connectivity index (χ0n) is 18.8. The van der Waals surface area contributed by atoms with Crippen molar-refractivity contribution in [3.63, 3.8) is 0 Å². The van der Waals surface area contributed by atoms with Crippen molar-refractivity contribution in [1.82, 2.24) is 30.1 Å². The number of likely N-dealkylation sites (tertiary alicyclic amines) is 1. The van der Waals surface area contributed by atoms with Gasteiger partial charge < -0.3 is 20.0 Å². The van der Waals surface area contributed by atoms with Crippen molar-refractivity contribution in [1.29, 1.82) is 0 Å². The zero-order chi connectivity index (χ0) is 23.7. The Hall–Kier alpha value is -2.95. The highest BCUT2D eigenvalue weighted by Gasteiger charge is 2.35. The summed E-state index contributed by atoms with van der Waals surface area (Å²) in [6.45, 7) is 3.68. The number of fused-ring (bicyclic) bond motifs is 1. The molecule has 0 spiro atoms. The first-order valence-corrected chi connectivity index (χ1v) is 11.7.